The molecule has 66 valence electrons. The second-order valence-corrected chi connectivity index (χ2v) is 2.75. The van der Waals surface area contributed by atoms with E-state index in [0.717, 1.165) is 6.42 Å². The second-order valence-electron chi connectivity index (χ2n) is 2.75. The van der Waals surface area contributed by atoms with Crippen LogP contribution in [0.25, 0.3) is 0 Å². The van der Waals surface area contributed by atoms with Crippen molar-refractivity contribution < 1.29 is 0 Å². The molecule has 0 aromatic rings. The molecule has 0 radical (unpaired) electrons. The third kappa shape index (κ3) is 5.76. The van der Waals surface area contributed by atoms with Gasteiger partial charge in [-0.2, -0.15) is 0 Å². The fourth-order valence-electron chi connectivity index (χ4n) is 0.980. The molecule has 0 atom stereocenters. The van der Waals surface area contributed by atoms with Gasteiger partial charge in [0.2, 0.25) is 0 Å². The molecule has 0 aliphatic rings. The normalized spacial score (nSPS) is 9.75. The van der Waals surface area contributed by atoms with Gasteiger partial charge < -0.3 is 0 Å². The average Bonchev–Trinajstić information content (AvgIpc) is 2.11. The Bertz CT molecular complexity index is 190. The van der Waals surface area contributed by atoms with Crippen LogP contribution >= 0.6 is 0 Å². The summed E-state index contributed by atoms with van der Waals surface area (Å²) in [4.78, 5) is 0. The Hall–Kier alpha value is -1.00. The summed E-state index contributed by atoms with van der Waals surface area (Å²) in [6, 6.07) is 0. The molecule has 0 amide bonds. The molecule has 0 unspecified atom stereocenters. The van der Waals surface area contributed by atoms with Gasteiger partial charge in [-0.25, -0.2) is 0 Å². The van der Waals surface area contributed by atoms with E-state index < -0.39 is 0 Å². The van der Waals surface area contributed by atoms with Crippen LogP contribution in [0.4, 0.5) is 0 Å². The third-order valence-electron chi connectivity index (χ3n) is 1.71. The van der Waals surface area contributed by atoms with Gasteiger partial charge in [0.1, 0.15) is 0 Å². The van der Waals surface area contributed by atoms with Crippen LogP contribution in [0.3, 0.4) is 0 Å². The Labute approximate surface area is 76.0 Å². The van der Waals surface area contributed by atoms with Gasteiger partial charge in [0.25, 0.3) is 0 Å². The Balaban J connectivity index is 3.77. The van der Waals surface area contributed by atoms with Crippen molar-refractivity contribution in [3.63, 3.8) is 0 Å². The average molecular weight is 162 g/mol. The van der Waals surface area contributed by atoms with E-state index in [-0.39, 0.29) is 0 Å². The van der Waals surface area contributed by atoms with Gasteiger partial charge in [0, 0.05) is 0 Å². The summed E-state index contributed by atoms with van der Waals surface area (Å²) in [6.45, 7) is 9.47. The summed E-state index contributed by atoms with van der Waals surface area (Å²) in [5.41, 5.74) is 4.11. The molecule has 0 heterocycles. The van der Waals surface area contributed by atoms with Crippen molar-refractivity contribution in [1.29, 1.82) is 0 Å². The maximum atomic E-state index is 3.65. The molecule has 0 saturated carbocycles. The Morgan fingerprint density at radius 2 is 2.17 bits per heavy atom. The summed E-state index contributed by atoms with van der Waals surface area (Å²) >= 11 is 0. The summed E-state index contributed by atoms with van der Waals surface area (Å²) in [7, 11) is 0. The molecule has 0 aromatic heterocycles. The molecule has 0 fully saturated rings. The van der Waals surface area contributed by atoms with E-state index in [1.807, 2.05) is 12.2 Å². The van der Waals surface area contributed by atoms with Gasteiger partial charge in [0.05, 0.1) is 0 Å². The zero-order valence-electron chi connectivity index (χ0n) is 7.97. The lowest BCUT2D eigenvalue weighted by molar-refractivity contribution is 0.720. The summed E-state index contributed by atoms with van der Waals surface area (Å²) in [6.07, 6.45) is 10.6. The van der Waals surface area contributed by atoms with Crippen LogP contribution in [0.2, 0.25) is 0 Å². The zero-order valence-corrected chi connectivity index (χ0v) is 7.97. The largest absolute Gasteiger partial charge is 0.125 e. The highest BCUT2D eigenvalue weighted by molar-refractivity contribution is 5.19. The fourth-order valence-corrected chi connectivity index (χ4v) is 0.980. The van der Waals surface area contributed by atoms with Gasteiger partial charge in [-0.1, -0.05) is 51.2 Å². The van der Waals surface area contributed by atoms with Crippen molar-refractivity contribution in [3.05, 3.63) is 42.7 Å². The topological polar surface area (TPSA) is 0 Å². The first-order chi connectivity index (χ1) is 5.85. The monoisotopic (exact) mass is 162 g/mol. The SMILES string of the molecule is C=C=C(C=CC=C)CCCCC. The minimum atomic E-state index is 1.08. The van der Waals surface area contributed by atoms with E-state index in [1.165, 1.54) is 24.8 Å². The number of unbranched alkanes of at least 4 members (excludes halogenated alkanes) is 2. The van der Waals surface area contributed by atoms with Crippen molar-refractivity contribution in [2.45, 2.75) is 32.6 Å². The summed E-state index contributed by atoms with van der Waals surface area (Å²) in [5.74, 6) is 0. The predicted octanol–water partition coefficient (Wildman–Crippen LogP) is 4.02. The molecule has 0 saturated heterocycles. The first-order valence-electron chi connectivity index (χ1n) is 4.53. The van der Waals surface area contributed by atoms with Crippen molar-refractivity contribution in [1.82, 2.24) is 0 Å². The summed E-state index contributed by atoms with van der Waals surface area (Å²) in [5, 5.41) is 0. The van der Waals surface area contributed by atoms with Crippen LogP contribution in [0.1, 0.15) is 32.6 Å². The Morgan fingerprint density at radius 3 is 2.67 bits per heavy atom. The van der Waals surface area contributed by atoms with Crippen molar-refractivity contribution in [2.24, 2.45) is 0 Å². The van der Waals surface area contributed by atoms with Crippen molar-refractivity contribution >= 4 is 0 Å². The molecule has 0 nitrogen and oxygen atoms in total. The van der Waals surface area contributed by atoms with Gasteiger partial charge in [-0.15, -0.1) is 5.73 Å². The van der Waals surface area contributed by atoms with Gasteiger partial charge in [0.15, 0.2) is 0 Å². The number of hydrogen-bond donors (Lipinski definition) is 0. The van der Waals surface area contributed by atoms with E-state index in [2.05, 4.69) is 25.8 Å². The zero-order chi connectivity index (χ0) is 9.23. The maximum absolute atomic E-state index is 3.65. The van der Waals surface area contributed by atoms with Crippen LogP contribution in [0.15, 0.2) is 42.7 Å². The predicted molar refractivity (Wildman–Crippen MR) is 56.1 cm³/mol. The van der Waals surface area contributed by atoms with Gasteiger partial charge in [-0.3, -0.25) is 0 Å². The number of hydrogen-bond acceptors (Lipinski definition) is 0. The van der Waals surface area contributed by atoms with E-state index in [1.54, 1.807) is 6.08 Å². The number of allylic oxidation sites excluding steroid dienone is 4. The highest BCUT2D eigenvalue weighted by Crippen LogP contribution is 2.08. The van der Waals surface area contributed by atoms with Crippen LogP contribution in [-0.2, 0) is 0 Å². The standard InChI is InChI=1S/C12H18/c1-4-7-9-11-12(6-3)10-8-5-2/h5,8,10H,2-4,7,9,11H2,1H3. The minimum Gasteiger partial charge on any atom is -0.125 e. The van der Waals surface area contributed by atoms with E-state index in [9.17, 15) is 0 Å². The van der Waals surface area contributed by atoms with Crippen LogP contribution in [-0.4, -0.2) is 0 Å². The third-order valence-corrected chi connectivity index (χ3v) is 1.71. The molecule has 0 bridgehead atoms. The lowest BCUT2D eigenvalue weighted by Gasteiger charge is -1.96. The lowest BCUT2D eigenvalue weighted by atomic mass is 10.1. The highest BCUT2D eigenvalue weighted by Gasteiger charge is 1.89. The van der Waals surface area contributed by atoms with E-state index in [4.69, 9.17) is 0 Å². The summed E-state index contributed by atoms with van der Waals surface area (Å²) < 4.78 is 0. The molecule has 12 heavy (non-hydrogen) atoms. The molecule has 0 spiro atoms. The molecular weight excluding hydrogens is 144 g/mol. The first-order valence-corrected chi connectivity index (χ1v) is 4.53. The molecule has 0 N–H and O–H groups in total. The van der Waals surface area contributed by atoms with Crippen LogP contribution in [0, 0.1) is 0 Å². The molecule has 0 aliphatic heterocycles. The quantitative estimate of drug-likeness (QED) is 0.314. The fraction of sp³-hybridized carbons (Fsp3) is 0.417. The molecule has 0 aliphatic carbocycles. The van der Waals surface area contributed by atoms with Crippen LogP contribution in [0.5, 0.6) is 0 Å². The maximum Gasteiger partial charge on any atom is -0.00666 e. The molecule has 0 aromatic carbocycles. The van der Waals surface area contributed by atoms with Crippen LogP contribution < -0.4 is 0 Å². The van der Waals surface area contributed by atoms with E-state index in [0.29, 0.717) is 0 Å². The first kappa shape index (κ1) is 11.0. The second kappa shape index (κ2) is 8.10. The number of rotatable bonds is 6. The molecule has 0 rings (SSSR count). The highest BCUT2D eigenvalue weighted by atomic mass is 13.9. The minimum absolute atomic E-state index is 1.08. The Morgan fingerprint density at radius 1 is 1.42 bits per heavy atom. The van der Waals surface area contributed by atoms with Gasteiger partial charge in [-0.05, 0) is 18.4 Å². The lowest BCUT2D eigenvalue weighted by Crippen LogP contribution is -1.78. The Kier molecular flexibility index (Phi) is 7.42. The van der Waals surface area contributed by atoms with Gasteiger partial charge >= 0.3 is 0 Å². The van der Waals surface area contributed by atoms with E-state index >= 15 is 0 Å². The molecule has 0 heteroatoms. The van der Waals surface area contributed by atoms with Crippen molar-refractivity contribution in [2.75, 3.05) is 0 Å². The smallest absolute Gasteiger partial charge is 0.00666 e. The molecular formula is C12H18. The van der Waals surface area contributed by atoms with Crippen molar-refractivity contribution in [3.8, 4) is 0 Å².